The van der Waals surface area contributed by atoms with Gasteiger partial charge >= 0.3 is 7.12 Å². The first-order chi connectivity index (χ1) is 13.3. The van der Waals surface area contributed by atoms with Crippen LogP contribution >= 0.6 is 0 Å². The van der Waals surface area contributed by atoms with Crippen LogP contribution in [0.2, 0.25) is 0 Å². The van der Waals surface area contributed by atoms with E-state index in [1.807, 2.05) is 0 Å². The van der Waals surface area contributed by atoms with Crippen molar-refractivity contribution in [1.82, 2.24) is 10.2 Å². The van der Waals surface area contributed by atoms with Crippen molar-refractivity contribution >= 4 is 13.0 Å². The zero-order chi connectivity index (χ0) is 20.1. The highest BCUT2D eigenvalue weighted by atomic mass is 16.4. The van der Waals surface area contributed by atoms with E-state index in [-0.39, 0.29) is 30.0 Å². The van der Waals surface area contributed by atoms with Gasteiger partial charge in [0.15, 0.2) is 0 Å². The lowest BCUT2D eigenvalue weighted by molar-refractivity contribution is -0.146. The van der Waals surface area contributed by atoms with Gasteiger partial charge in [0.1, 0.15) is 0 Å². The van der Waals surface area contributed by atoms with Gasteiger partial charge in [0, 0.05) is 17.5 Å². The topological polar surface area (TPSA) is 122 Å². The Bertz CT molecular complexity index is 631. The van der Waals surface area contributed by atoms with Crippen LogP contribution in [-0.2, 0) is 4.79 Å². The Balaban J connectivity index is 1.62. The van der Waals surface area contributed by atoms with Gasteiger partial charge in [-0.2, -0.15) is 0 Å². The molecule has 28 heavy (non-hydrogen) atoms. The normalized spacial score (nSPS) is 39.9. The summed E-state index contributed by atoms with van der Waals surface area (Å²) < 4.78 is 0. The maximum atomic E-state index is 13.8. The smallest absolute Gasteiger partial charge is 0.426 e. The van der Waals surface area contributed by atoms with Gasteiger partial charge in [0.05, 0.1) is 18.0 Å². The lowest BCUT2D eigenvalue weighted by atomic mass is 9.47. The summed E-state index contributed by atoms with van der Waals surface area (Å²) in [6.07, 6.45) is 7.50. The second kappa shape index (κ2) is 7.52. The molecule has 154 valence electrons. The highest BCUT2D eigenvalue weighted by Gasteiger charge is 2.57. The summed E-state index contributed by atoms with van der Waals surface area (Å²) in [7, 11) is -1.63. The van der Waals surface area contributed by atoms with E-state index in [0.717, 1.165) is 37.0 Å². The molecule has 8 nitrogen and oxygen atoms in total. The monoisotopic (exact) mass is 389 g/mol. The van der Waals surface area contributed by atoms with Gasteiger partial charge in [-0.1, -0.05) is 19.0 Å². The molecule has 1 aliphatic heterocycles. The molecular formula is C19H32BN5O3. The van der Waals surface area contributed by atoms with Crippen LogP contribution in [0.3, 0.4) is 0 Å². The molecule has 0 aromatic heterocycles. The van der Waals surface area contributed by atoms with Gasteiger partial charge in [-0.05, 0) is 73.6 Å². The number of nitrogens with zero attached hydrogens (tertiary/aromatic N) is 4. The van der Waals surface area contributed by atoms with Gasteiger partial charge in [-0.3, -0.25) is 4.79 Å². The minimum Gasteiger partial charge on any atom is -0.426 e. The van der Waals surface area contributed by atoms with Gasteiger partial charge in [0.25, 0.3) is 0 Å². The summed E-state index contributed by atoms with van der Waals surface area (Å²) in [5, 5.41) is 27.0. The average Bonchev–Trinajstić information content (AvgIpc) is 3.02. The number of amides is 1. The van der Waals surface area contributed by atoms with Crippen LogP contribution in [0, 0.1) is 23.2 Å². The molecule has 1 amide bonds. The quantitative estimate of drug-likeness (QED) is 0.278. The molecule has 4 bridgehead atoms. The fraction of sp³-hybridized carbons (Fsp3) is 0.947. The van der Waals surface area contributed by atoms with E-state index in [1.54, 1.807) is 4.90 Å². The number of carbonyl (C=O) groups excluding carboxylic acids is 1. The van der Waals surface area contributed by atoms with Crippen LogP contribution in [0.15, 0.2) is 5.11 Å². The van der Waals surface area contributed by atoms with Crippen molar-refractivity contribution in [3.63, 3.8) is 0 Å². The number of azide groups is 1. The number of nitrogens with one attached hydrogen (secondary N) is 1. The molecule has 4 saturated carbocycles. The van der Waals surface area contributed by atoms with E-state index in [9.17, 15) is 14.8 Å². The summed E-state index contributed by atoms with van der Waals surface area (Å²) in [5.74, 6) is 1.41. The third-order valence-electron chi connectivity index (χ3n) is 7.61. The summed E-state index contributed by atoms with van der Waals surface area (Å²) in [5.41, 5.74) is 8.75. The molecule has 5 rings (SSSR count). The first-order valence-electron chi connectivity index (χ1n) is 10.8. The highest BCUT2D eigenvalue weighted by molar-refractivity contribution is 6.43. The van der Waals surface area contributed by atoms with Gasteiger partial charge in [-0.25, -0.2) is 0 Å². The van der Waals surface area contributed by atoms with Gasteiger partial charge < -0.3 is 20.3 Å². The summed E-state index contributed by atoms with van der Waals surface area (Å²) in [6.45, 7) is 4.38. The van der Waals surface area contributed by atoms with Crippen molar-refractivity contribution in [3.05, 3.63) is 10.4 Å². The molecule has 1 unspecified atom stereocenters. The molecule has 3 atom stereocenters. The Morgan fingerprint density at radius 2 is 1.75 bits per heavy atom. The van der Waals surface area contributed by atoms with Crippen molar-refractivity contribution in [1.29, 1.82) is 0 Å². The van der Waals surface area contributed by atoms with Crippen LogP contribution in [0.25, 0.3) is 10.4 Å². The molecular weight excluding hydrogens is 357 g/mol. The second-order valence-corrected chi connectivity index (χ2v) is 10.1. The van der Waals surface area contributed by atoms with Gasteiger partial charge in [-0.15, -0.1) is 0 Å². The minimum atomic E-state index is -1.63. The summed E-state index contributed by atoms with van der Waals surface area (Å²) >= 11 is 0. The van der Waals surface area contributed by atoms with E-state index < -0.39 is 19.1 Å². The highest BCUT2D eigenvalue weighted by Crippen LogP contribution is 2.61. The molecule has 5 fully saturated rings. The van der Waals surface area contributed by atoms with Gasteiger partial charge in [0.2, 0.25) is 5.91 Å². The second-order valence-electron chi connectivity index (χ2n) is 10.1. The molecule has 0 aromatic carbocycles. The van der Waals surface area contributed by atoms with Crippen molar-refractivity contribution in [2.45, 2.75) is 82.9 Å². The van der Waals surface area contributed by atoms with Crippen LogP contribution in [0.4, 0.5) is 0 Å². The van der Waals surface area contributed by atoms with Crippen molar-refractivity contribution < 1.29 is 14.8 Å². The fourth-order valence-corrected chi connectivity index (χ4v) is 7.08. The number of hydrogen-bond acceptors (Lipinski definition) is 5. The maximum Gasteiger partial charge on any atom is 0.475 e. The number of rotatable bonds is 6. The third-order valence-corrected chi connectivity index (χ3v) is 7.61. The minimum absolute atomic E-state index is 0.0301. The Kier molecular flexibility index (Phi) is 5.38. The zero-order valence-electron chi connectivity index (χ0n) is 16.9. The number of hydrogen-bond donors (Lipinski definition) is 3. The van der Waals surface area contributed by atoms with E-state index in [1.165, 1.54) is 19.3 Å². The zero-order valence-corrected chi connectivity index (χ0v) is 16.9. The van der Waals surface area contributed by atoms with E-state index in [0.29, 0.717) is 6.42 Å². The Labute approximate surface area is 166 Å². The van der Waals surface area contributed by atoms with E-state index in [2.05, 4.69) is 29.2 Å². The molecule has 4 aliphatic carbocycles. The lowest BCUT2D eigenvalue weighted by Gasteiger charge is -2.59. The molecule has 3 N–H and O–H groups in total. The largest absolute Gasteiger partial charge is 0.475 e. The number of likely N-dealkylation sites (tertiary alicyclic amines) is 1. The SMILES string of the molecule is CC(C)N[C@H](C(=O)N1CC(N=[N+]=[N-])C[C@H]1B(O)O)C12CC3CC(CC(C3)C1)C2. The first kappa shape index (κ1) is 20.0. The fourth-order valence-electron chi connectivity index (χ4n) is 7.08. The van der Waals surface area contributed by atoms with Crippen LogP contribution in [0.5, 0.6) is 0 Å². The predicted molar refractivity (Wildman–Crippen MR) is 106 cm³/mol. The summed E-state index contributed by atoms with van der Waals surface area (Å²) in [6, 6.07) is -0.557. The molecule has 9 heteroatoms. The molecule has 0 spiro atoms. The molecule has 1 saturated heterocycles. The molecule has 1 heterocycles. The number of carbonyl (C=O) groups is 1. The summed E-state index contributed by atoms with van der Waals surface area (Å²) in [4.78, 5) is 18.2. The molecule has 0 radical (unpaired) electrons. The average molecular weight is 389 g/mol. The molecule has 0 aromatic rings. The first-order valence-corrected chi connectivity index (χ1v) is 10.8. The Morgan fingerprint density at radius 1 is 1.18 bits per heavy atom. The maximum absolute atomic E-state index is 13.8. The standard InChI is InChI=1S/C19H32BN5O3/c1-11(2)22-17(19-7-12-3-13(8-19)5-14(4-12)9-19)18(26)25-10-15(23-24-21)6-16(25)20(27)28/h11-17,22,27-28H,3-10H2,1-2H3/t12?,13?,14?,15?,16-,17+,19?/m0/s1. The third kappa shape index (κ3) is 3.54. The van der Waals surface area contributed by atoms with E-state index in [4.69, 9.17) is 5.53 Å². The Hall–Kier alpha value is -1.28. The lowest BCUT2D eigenvalue weighted by Crippen LogP contribution is -2.64. The van der Waals surface area contributed by atoms with Crippen LogP contribution in [0.1, 0.15) is 58.8 Å². The predicted octanol–water partition coefficient (Wildman–Crippen LogP) is 1.86. The Morgan fingerprint density at radius 3 is 2.21 bits per heavy atom. The molecule has 5 aliphatic rings. The van der Waals surface area contributed by atoms with Crippen LogP contribution < -0.4 is 5.32 Å². The van der Waals surface area contributed by atoms with Crippen molar-refractivity contribution in [3.8, 4) is 0 Å². The van der Waals surface area contributed by atoms with Crippen molar-refractivity contribution in [2.75, 3.05) is 6.54 Å². The van der Waals surface area contributed by atoms with Crippen molar-refractivity contribution in [2.24, 2.45) is 28.3 Å². The van der Waals surface area contributed by atoms with E-state index >= 15 is 0 Å². The van der Waals surface area contributed by atoms with Crippen LogP contribution in [-0.4, -0.2) is 58.6 Å².